The molecule has 1 aliphatic heterocycles. The number of nitrogens with zero attached hydrogens (tertiary/aromatic N) is 1. The summed E-state index contributed by atoms with van der Waals surface area (Å²) in [6, 6.07) is 11.6. The molecule has 122 valence electrons. The lowest BCUT2D eigenvalue weighted by molar-refractivity contribution is -0.141. The second-order valence-electron chi connectivity index (χ2n) is 6.03. The summed E-state index contributed by atoms with van der Waals surface area (Å²) in [5.74, 6) is 1.29. The average Bonchev–Trinajstić information content (AvgIpc) is 3.14. The third-order valence-corrected chi connectivity index (χ3v) is 4.41. The Morgan fingerprint density at radius 3 is 2.83 bits per heavy atom. The Labute approximate surface area is 135 Å². The lowest BCUT2D eigenvalue weighted by Crippen LogP contribution is -2.23. The Balaban J connectivity index is 1.79. The van der Waals surface area contributed by atoms with Crippen molar-refractivity contribution in [3.63, 3.8) is 0 Å². The molecule has 2 heterocycles. The highest BCUT2D eigenvalue weighted by molar-refractivity contribution is 5.72. The molecule has 1 saturated heterocycles. The molecule has 5 heteroatoms. The van der Waals surface area contributed by atoms with Gasteiger partial charge in [0.1, 0.15) is 17.3 Å². The van der Waals surface area contributed by atoms with Gasteiger partial charge in [0, 0.05) is 19.0 Å². The highest BCUT2D eigenvalue weighted by atomic mass is 16.5. The van der Waals surface area contributed by atoms with Gasteiger partial charge in [-0.05, 0) is 36.8 Å². The van der Waals surface area contributed by atoms with E-state index in [1.54, 1.807) is 7.11 Å². The first kappa shape index (κ1) is 15.6. The molecule has 0 saturated carbocycles. The van der Waals surface area contributed by atoms with Crippen LogP contribution in [-0.4, -0.2) is 36.2 Å². The molecule has 0 radical (unpaired) electrons. The number of methoxy groups -OCH3 is 1. The Hall–Kier alpha value is -2.27. The number of carboxylic acid groups (broad SMARTS) is 1. The third-order valence-electron chi connectivity index (χ3n) is 4.41. The third kappa shape index (κ3) is 3.40. The molecule has 1 aliphatic rings. The summed E-state index contributed by atoms with van der Waals surface area (Å²) in [6.07, 6.45) is 0. The van der Waals surface area contributed by atoms with Crippen molar-refractivity contribution in [2.75, 3.05) is 20.2 Å². The molecular weight excluding hydrogens is 294 g/mol. The topological polar surface area (TPSA) is 62.9 Å². The van der Waals surface area contributed by atoms with Crippen molar-refractivity contribution in [2.45, 2.75) is 19.4 Å². The van der Waals surface area contributed by atoms with E-state index < -0.39 is 11.9 Å². The number of aryl methyl sites for hydroxylation is 1. The number of aliphatic carboxylic acids is 1. The second-order valence-corrected chi connectivity index (χ2v) is 6.03. The van der Waals surface area contributed by atoms with Gasteiger partial charge in [-0.15, -0.1) is 0 Å². The molecule has 0 spiro atoms. The van der Waals surface area contributed by atoms with Crippen molar-refractivity contribution < 1.29 is 19.1 Å². The maximum absolute atomic E-state index is 11.7. The summed E-state index contributed by atoms with van der Waals surface area (Å²) in [4.78, 5) is 13.8. The molecular formula is C18H21NO4. The summed E-state index contributed by atoms with van der Waals surface area (Å²) >= 11 is 0. The maximum Gasteiger partial charge on any atom is 0.308 e. The van der Waals surface area contributed by atoms with Crippen molar-refractivity contribution in [3.8, 4) is 5.75 Å². The van der Waals surface area contributed by atoms with Gasteiger partial charge in [0.15, 0.2) is 0 Å². The van der Waals surface area contributed by atoms with Gasteiger partial charge in [0.05, 0.1) is 19.6 Å². The van der Waals surface area contributed by atoms with Gasteiger partial charge in [-0.25, -0.2) is 0 Å². The normalized spacial score (nSPS) is 21.5. The highest BCUT2D eigenvalue weighted by Crippen LogP contribution is 2.35. The van der Waals surface area contributed by atoms with Gasteiger partial charge in [0.25, 0.3) is 0 Å². The second kappa shape index (κ2) is 6.46. The van der Waals surface area contributed by atoms with Crippen LogP contribution in [0.4, 0.5) is 0 Å². The van der Waals surface area contributed by atoms with Crippen molar-refractivity contribution in [1.82, 2.24) is 4.90 Å². The molecule has 2 aromatic rings. The maximum atomic E-state index is 11.7. The Kier molecular flexibility index (Phi) is 4.39. The standard InChI is InChI=1S/C18H21NO4/c1-12-6-7-15(23-12)9-19-10-16(17(11-19)18(20)21)13-4-3-5-14(8-13)22-2/h3-8,16-17H,9-11H2,1-2H3,(H,20,21)/t16-,17+/m0/s1. The molecule has 5 nitrogen and oxygen atoms in total. The van der Waals surface area contributed by atoms with Gasteiger partial charge in [0.2, 0.25) is 0 Å². The number of likely N-dealkylation sites (tertiary alicyclic amines) is 1. The minimum atomic E-state index is -0.754. The quantitative estimate of drug-likeness (QED) is 0.919. The summed E-state index contributed by atoms with van der Waals surface area (Å²) in [7, 11) is 1.62. The first-order valence-electron chi connectivity index (χ1n) is 7.71. The van der Waals surface area contributed by atoms with Crippen LogP contribution in [0.1, 0.15) is 23.0 Å². The smallest absolute Gasteiger partial charge is 0.308 e. The van der Waals surface area contributed by atoms with E-state index in [4.69, 9.17) is 9.15 Å². The Morgan fingerprint density at radius 2 is 2.17 bits per heavy atom. The zero-order valence-corrected chi connectivity index (χ0v) is 13.4. The van der Waals surface area contributed by atoms with E-state index in [0.717, 1.165) is 22.8 Å². The lowest BCUT2D eigenvalue weighted by atomic mass is 9.89. The fourth-order valence-corrected chi connectivity index (χ4v) is 3.27. The zero-order chi connectivity index (χ0) is 16.4. The van der Waals surface area contributed by atoms with Gasteiger partial charge in [-0.2, -0.15) is 0 Å². The van der Waals surface area contributed by atoms with Crippen molar-refractivity contribution in [3.05, 3.63) is 53.5 Å². The zero-order valence-electron chi connectivity index (χ0n) is 13.4. The molecule has 0 bridgehead atoms. The number of carboxylic acids is 1. The first-order valence-corrected chi connectivity index (χ1v) is 7.71. The van der Waals surface area contributed by atoms with Crippen LogP contribution >= 0.6 is 0 Å². The fourth-order valence-electron chi connectivity index (χ4n) is 3.27. The monoisotopic (exact) mass is 315 g/mol. The average molecular weight is 315 g/mol. The summed E-state index contributed by atoms with van der Waals surface area (Å²) in [5.41, 5.74) is 1.01. The van der Waals surface area contributed by atoms with Crippen LogP contribution in [0.3, 0.4) is 0 Å². The SMILES string of the molecule is COc1cccc([C@@H]2CN(Cc3ccc(C)o3)C[C@H]2C(=O)O)c1. The van der Waals surface area contributed by atoms with Gasteiger partial charge >= 0.3 is 5.97 Å². The van der Waals surface area contributed by atoms with Crippen LogP contribution in [0.25, 0.3) is 0 Å². The molecule has 0 unspecified atom stereocenters. The van der Waals surface area contributed by atoms with Gasteiger partial charge in [-0.3, -0.25) is 9.69 Å². The number of furan rings is 1. The van der Waals surface area contributed by atoms with Gasteiger partial charge in [-0.1, -0.05) is 12.1 Å². The molecule has 1 aromatic heterocycles. The van der Waals surface area contributed by atoms with Crippen molar-refractivity contribution in [1.29, 1.82) is 0 Å². The van der Waals surface area contributed by atoms with Crippen molar-refractivity contribution >= 4 is 5.97 Å². The van der Waals surface area contributed by atoms with E-state index in [0.29, 0.717) is 19.6 Å². The minimum absolute atomic E-state index is 0.0429. The number of rotatable bonds is 5. The summed E-state index contributed by atoms with van der Waals surface area (Å²) < 4.78 is 10.9. The van der Waals surface area contributed by atoms with Crippen LogP contribution < -0.4 is 4.74 Å². The molecule has 1 N–H and O–H groups in total. The number of hydrogen-bond acceptors (Lipinski definition) is 4. The Morgan fingerprint density at radius 1 is 1.35 bits per heavy atom. The number of benzene rings is 1. The predicted molar refractivity (Wildman–Crippen MR) is 85.6 cm³/mol. The van der Waals surface area contributed by atoms with Crippen molar-refractivity contribution in [2.24, 2.45) is 5.92 Å². The molecule has 0 amide bonds. The molecule has 23 heavy (non-hydrogen) atoms. The fraction of sp³-hybridized carbons (Fsp3) is 0.389. The molecule has 2 atom stereocenters. The predicted octanol–water partition coefficient (Wildman–Crippen LogP) is 2.90. The number of ether oxygens (including phenoxy) is 1. The largest absolute Gasteiger partial charge is 0.497 e. The highest BCUT2D eigenvalue weighted by Gasteiger charge is 2.38. The van der Waals surface area contributed by atoms with Crippen LogP contribution in [0.2, 0.25) is 0 Å². The van der Waals surface area contributed by atoms with Crippen LogP contribution in [0.5, 0.6) is 5.75 Å². The molecule has 0 aliphatic carbocycles. The number of hydrogen-bond donors (Lipinski definition) is 1. The Bertz CT molecular complexity index is 694. The number of carbonyl (C=O) groups is 1. The lowest BCUT2D eigenvalue weighted by Gasteiger charge is -2.16. The molecule has 3 rings (SSSR count). The van der Waals surface area contributed by atoms with Gasteiger partial charge < -0.3 is 14.3 Å². The summed E-state index contributed by atoms with van der Waals surface area (Å²) in [6.45, 7) is 3.77. The van der Waals surface area contributed by atoms with E-state index in [-0.39, 0.29) is 5.92 Å². The van der Waals surface area contributed by atoms with E-state index >= 15 is 0 Å². The van der Waals surface area contributed by atoms with Crippen LogP contribution in [0, 0.1) is 12.8 Å². The molecule has 1 fully saturated rings. The van der Waals surface area contributed by atoms with E-state index in [1.165, 1.54) is 0 Å². The van der Waals surface area contributed by atoms with E-state index in [9.17, 15) is 9.90 Å². The van der Waals surface area contributed by atoms with E-state index in [1.807, 2.05) is 43.3 Å². The van der Waals surface area contributed by atoms with E-state index in [2.05, 4.69) is 4.90 Å². The first-order chi connectivity index (χ1) is 11.1. The summed E-state index contributed by atoms with van der Waals surface area (Å²) in [5, 5.41) is 9.58. The van der Waals surface area contributed by atoms with Crippen LogP contribution in [0.15, 0.2) is 40.8 Å². The molecule has 1 aromatic carbocycles. The minimum Gasteiger partial charge on any atom is -0.497 e. The van der Waals surface area contributed by atoms with Crippen LogP contribution in [-0.2, 0) is 11.3 Å².